The monoisotopic (exact) mass is 367 g/mol. The number of hydrogen-bond donors (Lipinski definition) is 1. The number of aromatic nitrogens is 5. The third-order valence-electron chi connectivity index (χ3n) is 4.98. The van der Waals surface area contributed by atoms with Gasteiger partial charge in [0.15, 0.2) is 0 Å². The minimum atomic E-state index is -0.892. The first-order valence-corrected chi connectivity index (χ1v) is 8.83. The fraction of sp³-hybridized carbons (Fsp3) is 0.333. The molecule has 0 aliphatic carbocycles. The normalized spacial score (nSPS) is 21.7. The molecule has 0 radical (unpaired) electrons. The van der Waals surface area contributed by atoms with Gasteiger partial charge in [0.1, 0.15) is 23.4 Å². The van der Waals surface area contributed by atoms with Gasteiger partial charge in [-0.25, -0.2) is 19.0 Å². The summed E-state index contributed by atoms with van der Waals surface area (Å²) in [5.74, 6) is 0.674. The Morgan fingerprint density at radius 2 is 2.07 bits per heavy atom. The molecule has 2 atom stereocenters. The van der Waals surface area contributed by atoms with Gasteiger partial charge in [0, 0.05) is 12.7 Å². The van der Waals surface area contributed by atoms with Crippen molar-refractivity contribution in [2.75, 3.05) is 22.9 Å². The summed E-state index contributed by atoms with van der Waals surface area (Å²) in [6.45, 7) is 1.55. The number of nitrogens with zero attached hydrogens (tertiary/aromatic N) is 7. The van der Waals surface area contributed by atoms with Crippen molar-refractivity contribution in [3.63, 3.8) is 0 Å². The van der Waals surface area contributed by atoms with E-state index in [-0.39, 0.29) is 0 Å². The van der Waals surface area contributed by atoms with Crippen LogP contribution in [-0.2, 0) is 6.54 Å². The maximum absolute atomic E-state index is 13.4. The summed E-state index contributed by atoms with van der Waals surface area (Å²) >= 11 is 0. The summed E-state index contributed by atoms with van der Waals surface area (Å²) in [6, 6.07) is 5.63. The molecule has 27 heavy (non-hydrogen) atoms. The molecular formula is C18H18FN7O. The third-order valence-corrected chi connectivity index (χ3v) is 4.98. The number of aliphatic hydroxyl groups excluding tert-OH is 1. The summed E-state index contributed by atoms with van der Waals surface area (Å²) in [5, 5.41) is 15.1. The van der Waals surface area contributed by atoms with E-state index in [4.69, 9.17) is 0 Å². The molecule has 9 heteroatoms. The molecule has 0 bridgehead atoms. The first kappa shape index (κ1) is 16.1. The predicted octanol–water partition coefficient (Wildman–Crippen LogP) is 1.75. The highest BCUT2D eigenvalue weighted by molar-refractivity contribution is 5.56. The van der Waals surface area contributed by atoms with Crippen LogP contribution in [0, 0.1) is 0 Å². The molecule has 5 heterocycles. The number of aliphatic hydroxyl groups is 1. The fourth-order valence-corrected chi connectivity index (χ4v) is 3.56. The molecule has 5 rings (SSSR count). The average molecular weight is 367 g/mol. The molecule has 0 spiro atoms. The second kappa shape index (κ2) is 6.27. The Balaban J connectivity index is 1.36. The van der Waals surface area contributed by atoms with E-state index in [0.29, 0.717) is 43.3 Å². The number of alkyl halides is 1. The van der Waals surface area contributed by atoms with Crippen molar-refractivity contribution in [3.05, 3.63) is 48.7 Å². The smallest absolute Gasteiger partial charge is 0.227 e. The largest absolute Gasteiger partial charge is 0.355 e. The van der Waals surface area contributed by atoms with E-state index in [0.717, 1.165) is 11.4 Å². The van der Waals surface area contributed by atoms with Gasteiger partial charge in [-0.15, -0.1) is 0 Å². The lowest BCUT2D eigenvalue weighted by Crippen LogP contribution is -2.24. The second-order valence-corrected chi connectivity index (χ2v) is 6.74. The zero-order chi connectivity index (χ0) is 18.4. The first-order valence-electron chi connectivity index (χ1n) is 8.83. The standard InChI is InChI=1S/C18H18FN7O/c19-12-3-5-24(10-12)17-9-21-16(8-22-17)15-6-14-11-25(18(27)26(14)23-15)13-2-1-4-20-7-13/h1-2,4,6-9,12,18,27H,3,5,10-11H2/t12-,18?/m0/s1. The second-order valence-electron chi connectivity index (χ2n) is 6.74. The lowest BCUT2D eigenvalue weighted by atomic mass is 10.3. The quantitative estimate of drug-likeness (QED) is 0.755. The van der Waals surface area contributed by atoms with E-state index >= 15 is 0 Å². The van der Waals surface area contributed by atoms with E-state index in [2.05, 4.69) is 20.1 Å². The van der Waals surface area contributed by atoms with Crippen molar-refractivity contribution in [2.45, 2.75) is 25.5 Å². The highest BCUT2D eigenvalue weighted by Crippen LogP contribution is 2.32. The molecule has 1 N–H and O–H groups in total. The molecule has 3 aromatic heterocycles. The van der Waals surface area contributed by atoms with Crippen molar-refractivity contribution in [1.82, 2.24) is 24.7 Å². The van der Waals surface area contributed by atoms with Gasteiger partial charge < -0.3 is 14.9 Å². The molecule has 2 aliphatic rings. The fourth-order valence-electron chi connectivity index (χ4n) is 3.56. The Morgan fingerprint density at radius 3 is 2.74 bits per heavy atom. The number of halogens is 1. The number of fused-ring (bicyclic) bond motifs is 1. The minimum Gasteiger partial charge on any atom is -0.355 e. The Morgan fingerprint density at radius 1 is 1.15 bits per heavy atom. The van der Waals surface area contributed by atoms with Crippen LogP contribution in [0.3, 0.4) is 0 Å². The number of hydrogen-bond acceptors (Lipinski definition) is 7. The summed E-state index contributed by atoms with van der Waals surface area (Å²) in [7, 11) is 0. The van der Waals surface area contributed by atoms with E-state index < -0.39 is 12.5 Å². The van der Waals surface area contributed by atoms with Crippen LogP contribution in [0.1, 0.15) is 18.5 Å². The molecule has 2 aliphatic heterocycles. The van der Waals surface area contributed by atoms with Crippen LogP contribution in [-0.4, -0.2) is 49.1 Å². The minimum absolute atomic E-state index is 0.364. The highest BCUT2D eigenvalue weighted by atomic mass is 19.1. The van der Waals surface area contributed by atoms with Gasteiger partial charge in [-0.3, -0.25) is 4.98 Å². The van der Waals surface area contributed by atoms with Crippen LogP contribution in [0.2, 0.25) is 0 Å². The number of rotatable bonds is 3. The maximum atomic E-state index is 13.4. The van der Waals surface area contributed by atoms with Crippen LogP contribution >= 0.6 is 0 Å². The highest BCUT2D eigenvalue weighted by Gasteiger charge is 2.31. The van der Waals surface area contributed by atoms with E-state index in [1.54, 1.807) is 29.5 Å². The van der Waals surface area contributed by atoms with Crippen LogP contribution in [0.5, 0.6) is 0 Å². The molecule has 1 fully saturated rings. The predicted molar refractivity (Wildman–Crippen MR) is 96.7 cm³/mol. The lowest BCUT2D eigenvalue weighted by Gasteiger charge is -2.21. The molecule has 138 valence electrons. The van der Waals surface area contributed by atoms with Crippen molar-refractivity contribution in [1.29, 1.82) is 0 Å². The Bertz CT molecular complexity index is 946. The van der Waals surface area contributed by atoms with Crippen molar-refractivity contribution >= 4 is 11.5 Å². The molecular weight excluding hydrogens is 349 g/mol. The van der Waals surface area contributed by atoms with Gasteiger partial charge in [0.25, 0.3) is 0 Å². The number of pyridine rings is 1. The Hall–Kier alpha value is -3.07. The molecule has 0 saturated carbocycles. The molecule has 8 nitrogen and oxygen atoms in total. The van der Waals surface area contributed by atoms with Gasteiger partial charge in [-0.2, -0.15) is 5.10 Å². The van der Waals surface area contributed by atoms with Gasteiger partial charge in [-0.05, 0) is 24.6 Å². The molecule has 1 saturated heterocycles. The summed E-state index contributed by atoms with van der Waals surface area (Å²) < 4.78 is 14.9. The van der Waals surface area contributed by atoms with E-state index in [1.807, 2.05) is 28.0 Å². The van der Waals surface area contributed by atoms with Gasteiger partial charge in [-0.1, -0.05) is 0 Å². The van der Waals surface area contributed by atoms with E-state index in [1.165, 1.54) is 0 Å². The Kier molecular flexibility index (Phi) is 3.75. The summed E-state index contributed by atoms with van der Waals surface area (Å²) in [4.78, 5) is 16.6. The van der Waals surface area contributed by atoms with Crippen LogP contribution in [0.15, 0.2) is 43.0 Å². The van der Waals surface area contributed by atoms with Crippen molar-refractivity contribution < 1.29 is 9.50 Å². The zero-order valence-corrected chi connectivity index (χ0v) is 14.5. The third kappa shape index (κ3) is 2.80. The number of anilines is 2. The molecule has 0 amide bonds. The summed E-state index contributed by atoms with van der Waals surface area (Å²) in [6.07, 6.45) is 5.54. The topological polar surface area (TPSA) is 83.2 Å². The average Bonchev–Trinajstić information content (AvgIpc) is 3.39. The Labute approximate surface area is 154 Å². The van der Waals surface area contributed by atoms with Crippen LogP contribution in [0.4, 0.5) is 15.9 Å². The van der Waals surface area contributed by atoms with Gasteiger partial charge in [0.05, 0.1) is 43.1 Å². The zero-order valence-electron chi connectivity index (χ0n) is 14.5. The van der Waals surface area contributed by atoms with Crippen molar-refractivity contribution in [2.24, 2.45) is 0 Å². The SMILES string of the molecule is OC1N(c2cccnc2)Cc2cc(-c3cnc(N4CC[C@H](F)C4)cn3)nn21. The first-order chi connectivity index (χ1) is 13.2. The van der Waals surface area contributed by atoms with Crippen LogP contribution < -0.4 is 9.80 Å². The van der Waals surface area contributed by atoms with Crippen LogP contribution in [0.25, 0.3) is 11.4 Å². The van der Waals surface area contributed by atoms with Gasteiger partial charge >= 0.3 is 0 Å². The van der Waals surface area contributed by atoms with Crippen molar-refractivity contribution in [3.8, 4) is 11.4 Å². The summed E-state index contributed by atoms with van der Waals surface area (Å²) in [5.41, 5.74) is 2.99. The maximum Gasteiger partial charge on any atom is 0.227 e. The molecule has 0 aromatic carbocycles. The van der Waals surface area contributed by atoms with E-state index in [9.17, 15) is 9.50 Å². The molecule has 3 aromatic rings. The molecule has 1 unspecified atom stereocenters. The lowest BCUT2D eigenvalue weighted by molar-refractivity contribution is 0.103. The van der Waals surface area contributed by atoms with Gasteiger partial charge in [0.2, 0.25) is 6.35 Å².